The van der Waals surface area contributed by atoms with Crippen molar-refractivity contribution in [1.29, 1.82) is 0 Å². The standard InChI is InChI=1S/C19H21N3O7S3/c1-3-21(14-6-7-32(27,28)11-14)17(23)9-29-18(24)15-8-13(22(25)26)4-5-16(15)31-19-20-12(2)10-30-19/h4-5,8,10,14H,3,6-7,9,11H2,1-2H3. The minimum Gasteiger partial charge on any atom is -0.452 e. The van der Waals surface area contributed by atoms with Crippen LogP contribution in [-0.4, -0.2) is 65.8 Å². The number of nitro groups is 1. The largest absolute Gasteiger partial charge is 0.452 e. The van der Waals surface area contributed by atoms with Gasteiger partial charge in [0.1, 0.15) is 0 Å². The van der Waals surface area contributed by atoms with Crippen LogP contribution in [-0.2, 0) is 19.4 Å². The molecule has 0 N–H and O–H groups in total. The van der Waals surface area contributed by atoms with Crippen molar-refractivity contribution in [3.8, 4) is 0 Å². The zero-order valence-electron chi connectivity index (χ0n) is 17.3. The lowest BCUT2D eigenvalue weighted by Crippen LogP contribution is -2.43. The molecule has 0 saturated carbocycles. The number of esters is 1. The molecule has 0 radical (unpaired) electrons. The van der Waals surface area contributed by atoms with Crippen LogP contribution in [0, 0.1) is 17.0 Å². The Labute approximate surface area is 193 Å². The third kappa shape index (κ3) is 5.84. The highest BCUT2D eigenvalue weighted by molar-refractivity contribution is 8.01. The summed E-state index contributed by atoms with van der Waals surface area (Å²) in [5, 5.41) is 13.0. The molecule has 0 aliphatic carbocycles. The second kappa shape index (κ2) is 9.96. The summed E-state index contributed by atoms with van der Waals surface area (Å²) in [5.41, 5.74) is 0.480. The topological polar surface area (TPSA) is 137 Å². The monoisotopic (exact) mass is 499 g/mol. The Balaban J connectivity index is 1.74. The Kier molecular flexibility index (Phi) is 7.51. The number of carbonyl (C=O) groups excluding carboxylic acids is 2. The minimum absolute atomic E-state index is 0.0196. The van der Waals surface area contributed by atoms with E-state index in [2.05, 4.69) is 4.98 Å². The molecule has 1 fully saturated rings. The van der Waals surface area contributed by atoms with E-state index in [1.54, 1.807) is 6.92 Å². The lowest BCUT2D eigenvalue weighted by atomic mass is 10.2. The molecule has 1 amide bonds. The van der Waals surface area contributed by atoms with E-state index in [0.717, 1.165) is 11.8 Å². The molecule has 1 atom stereocenters. The summed E-state index contributed by atoms with van der Waals surface area (Å²) in [5.74, 6) is -1.49. The molecule has 1 aromatic carbocycles. The fourth-order valence-electron chi connectivity index (χ4n) is 3.30. The molecular formula is C19H21N3O7S3. The van der Waals surface area contributed by atoms with E-state index in [1.807, 2.05) is 12.3 Å². The Hall–Kier alpha value is -2.51. The number of likely N-dealkylation sites (N-methyl/N-ethyl adjacent to an activating group) is 1. The van der Waals surface area contributed by atoms with Gasteiger partial charge in [-0.1, -0.05) is 11.8 Å². The first kappa shape index (κ1) is 24.1. The highest BCUT2D eigenvalue weighted by atomic mass is 32.2. The lowest BCUT2D eigenvalue weighted by molar-refractivity contribution is -0.384. The van der Waals surface area contributed by atoms with Crippen molar-refractivity contribution in [2.75, 3.05) is 24.7 Å². The average Bonchev–Trinajstić information content (AvgIpc) is 3.31. The SMILES string of the molecule is CCN(C(=O)COC(=O)c1cc([N+](=O)[O-])ccc1Sc1nc(C)cs1)C1CCS(=O)(=O)C1. The van der Waals surface area contributed by atoms with Crippen LogP contribution in [0.2, 0.25) is 0 Å². The van der Waals surface area contributed by atoms with E-state index in [1.165, 1.54) is 40.1 Å². The lowest BCUT2D eigenvalue weighted by Gasteiger charge is -2.26. The summed E-state index contributed by atoms with van der Waals surface area (Å²) in [6.45, 7) is 3.23. The van der Waals surface area contributed by atoms with Crippen LogP contribution in [0.4, 0.5) is 5.69 Å². The van der Waals surface area contributed by atoms with Gasteiger partial charge in [0.2, 0.25) is 0 Å². The Bertz CT molecular complexity index is 1150. The molecule has 1 aromatic heterocycles. The van der Waals surface area contributed by atoms with Crippen molar-refractivity contribution < 1.29 is 27.7 Å². The van der Waals surface area contributed by atoms with E-state index >= 15 is 0 Å². The molecule has 13 heteroatoms. The molecule has 1 aliphatic heterocycles. The number of carbonyl (C=O) groups is 2. The minimum atomic E-state index is -3.18. The first-order valence-electron chi connectivity index (χ1n) is 9.65. The fraction of sp³-hybridized carbons (Fsp3) is 0.421. The molecule has 1 saturated heterocycles. The van der Waals surface area contributed by atoms with Crippen molar-refractivity contribution in [2.24, 2.45) is 0 Å². The van der Waals surface area contributed by atoms with E-state index < -0.39 is 39.3 Å². The smallest absolute Gasteiger partial charge is 0.340 e. The van der Waals surface area contributed by atoms with Crippen molar-refractivity contribution in [2.45, 2.75) is 35.5 Å². The van der Waals surface area contributed by atoms with Crippen LogP contribution >= 0.6 is 23.1 Å². The second-order valence-corrected chi connectivity index (χ2v) is 11.5. The number of amides is 1. The Morgan fingerprint density at radius 1 is 1.41 bits per heavy atom. The number of rotatable bonds is 8. The maximum atomic E-state index is 12.7. The van der Waals surface area contributed by atoms with Crippen LogP contribution < -0.4 is 0 Å². The molecular weight excluding hydrogens is 478 g/mol. The van der Waals surface area contributed by atoms with E-state index in [9.17, 15) is 28.1 Å². The number of hydrogen-bond donors (Lipinski definition) is 0. The highest BCUT2D eigenvalue weighted by Gasteiger charge is 2.34. The van der Waals surface area contributed by atoms with Gasteiger partial charge in [0.25, 0.3) is 11.6 Å². The van der Waals surface area contributed by atoms with Gasteiger partial charge in [-0.15, -0.1) is 11.3 Å². The van der Waals surface area contributed by atoms with Gasteiger partial charge < -0.3 is 9.64 Å². The van der Waals surface area contributed by atoms with Crippen LogP contribution in [0.1, 0.15) is 29.4 Å². The van der Waals surface area contributed by atoms with E-state index in [-0.39, 0.29) is 29.3 Å². The second-order valence-electron chi connectivity index (χ2n) is 7.11. The predicted octanol–water partition coefficient (Wildman–Crippen LogP) is 2.70. The van der Waals surface area contributed by atoms with Gasteiger partial charge in [-0.2, -0.15) is 0 Å². The molecule has 2 heterocycles. The van der Waals surface area contributed by atoms with Crippen LogP contribution in [0.3, 0.4) is 0 Å². The summed E-state index contributed by atoms with van der Waals surface area (Å²) >= 11 is 2.54. The zero-order chi connectivity index (χ0) is 23.5. The number of benzene rings is 1. The third-order valence-electron chi connectivity index (χ3n) is 4.83. The molecule has 3 rings (SSSR count). The van der Waals surface area contributed by atoms with Gasteiger partial charge in [-0.05, 0) is 26.3 Å². The summed E-state index contributed by atoms with van der Waals surface area (Å²) in [4.78, 5) is 42.0. The number of hydrogen-bond acceptors (Lipinski definition) is 10. The van der Waals surface area contributed by atoms with Crippen LogP contribution in [0.25, 0.3) is 0 Å². The van der Waals surface area contributed by atoms with Gasteiger partial charge >= 0.3 is 5.97 Å². The summed E-state index contributed by atoms with van der Waals surface area (Å²) in [7, 11) is -3.18. The molecule has 1 unspecified atom stereocenters. The Morgan fingerprint density at radius 2 is 2.16 bits per heavy atom. The molecule has 0 bridgehead atoms. The maximum Gasteiger partial charge on any atom is 0.340 e. The van der Waals surface area contributed by atoms with Gasteiger partial charge in [0, 0.05) is 40.7 Å². The number of non-ortho nitro benzene ring substituents is 1. The van der Waals surface area contributed by atoms with Crippen molar-refractivity contribution >= 4 is 50.5 Å². The number of sulfone groups is 1. The molecule has 10 nitrogen and oxygen atoms in total. The van der Waals surface area contributed by atoms with Crippen molar-refractivity contribution in [1.82, 2.24) is 9.88 Å². The highest BCUT2D eigenvalue weighted by Crippen LogP contribution is 2.34. The third-order valence-corrected chi connectivity index (χ3v) is 8.71. The number of nitro benzene ring substituents is 1. The zero-order valence-corrected chi connectivity index (χ0v) is 19.8. The van der Waals surface area contributed by atoms with Crippen molar-refractivity contribution in [3.05, 3.63) is 45.0 Å². The Morgan fingerprint density at radius 3 is 2.72 bits per heavy atom. The predicted molar refractivity (Wildman–Crippen MR) is 119 cm³/mol. The normalized spacial score (nSPS) is 17.1. The first-order chi connectivity index (χ1) is 15.1. The number of aryl methyl sites for hydroxylation is 1. The van der Waals surface area contributed by atoms with Gasteiger partial charge in [-0.25, -0.2) is 18.2 Å². The summed E-state index contributed by atoms with van der Waals surface area (Å²) in [6.07, 6.45) is 0.342. The summed E-state index contributed by atoms with van der Waals surface area (Å²) < 4.78 is 29.3. The maximum absolute atomic E-state index is 12.7. The van der Waals surface area contributed by atoms with Gasteiger partial charge in [0.05, 0.1) is 22.0 Å². The average molecular weight is 500 g/mol. The molecule has 172 valence electrons. The quantitative estimate of drug-likeness (QED) is 0.305. The number of ether oxygens (including phenoxy) is 1. The van der Waals surface area contributed by atoms with Crippen molar-refractivity contribution in [3.63, 3.8) is 0 Å². The van der Waals surface area contributed by atoms with Crippen LogP contribution in [0.5, 0.6) is 0 Å². The van der Waals surface area contributed by atoms with Gasteiger partial charge in [0.15, 0.2) is 20.8 Å². The van der Waals surface area contributed by atoms with Gasteiger partial charge in [-0.3, -0.25) is 14.9 Å². The molecule has 2 aromatic rings. The molecule has 1 aliphatic rings. The van der Waals surface area contributed by atoms with Crippen LogP contribution in [0.15, 0.2) is 32.8 Å². The molecule has 0 spiro atoms. The van der Waals surface area contributed by atoms with E-state index in [0.29, 0.717) is 15.7 Å². The summed E-state index contributed by atoms with van der Waals surface area (Å²) in [6, 6.07) is 3.38. The number of aromatic nitrogens is 1. The fourth-order valence-corrected chi connectivity index (χ4v) is 6.92. The number of thiazole rings is 1. The molecule has 32 heavy (non-hydrogen) atoms. The van der Waals surface area contributed by atoms with E-state index in [4.69, 9.17) is 4.74 Å². The first-order valence-corrected chi connectivity index (χ1v) is 13.2. The number of nitrogens with zero attached hydrogens (tertiary/aromatic N) is 3.